The summed E-state index contributed by atoms with van der Waals surface area (Å²) in [6.45, 7) is 0.984. The van der Waals surface area contributed by atoms with Crippen LogP contribution >= 0.6 is 11.3 Å². The number of benzene rings is 1. The van der Waals surface area contributed by atoms with Gasteiger partial charge in [0.1, 0.15) is 13.2 Å². The molecule has 0 spiro atoms. The van der Waals surface area contributed by atoms with Crippen molar-refractivity contribution >= 4 is 22.9 Å². The Kier molecular flexibility index (Phi) is 2.90. The molecule has 0 radical (unpaired) electrons. The summed E-state index contributed by atoms with van der Waals surface area (Å²) in [5.74, 6) is 0.964. The fourth-order valence-electron chi connectivity index (χ4n) is 1.79. The minimum absolute atomic E-state index is 0.184. The van der Waals surface area contributed by atoms with Gasteiger partial charge in [0.25, 0.3) is 5.91 Å². The maximum absolute atomic E-state index is 12.1. The Labute approximate surface area is 108 Å². The molecule has 2 aromatic rings. The molecule has 0 saturated heterocycles. The monoisotopic (exact) mass is 261 g/mol. The van der Waals surface area contributed by atoms with Gasteiger partial charge in [0, 0.05) is 5.38 Å². The molecular weight excluding hydrogens is 250 g/mol. The van der Waals surface area contributed by atoms with E-state index in [2.05, 4.69) is 5.32 Å². The second-order valence-electron chi connectivity index (χ2n) is 3.80. The van der Waals surface area contributed by atoms with Crippen LogP contribution in [0, 0.1) is 0 Å². The number of rotatable bonds is 2. The molecule has 1 aromatic heterocycles. The maximum Gasteiger partial charge on any atom is 0.259 e. The third-order valence-electron chi connectivity index (χ3n) is 2.59. The first-order valence-corrected chi connectivity index (χ1v) is 6.51. The fourth-order valence-corrected chi connectivity index (χ4v) is 2.37. The average Bonchev–Trinajstić information content (AvgIpc) is 2.91. The van der Waals surface area contributed by atoms with Crippen LogP contribution in [0.5, 0.6) is 11.5 Å². The van der Waals surface area contributed by atoms with Crippen LogP contribution in [0.2, 0.25) is 0 Å². The highest BCUT2D eigenvalue weighted by atomic mass is 32.1. The van der Waals surface area contributed by atoms with Crippen LogP contribution in [0.4, 0.5) is 5.69 Å². The lowest BCUT2D eigenvalue weighted by atomic mass is 10.1. The molecule has 18 heavy (non-hydrogen) atoms. The first kappa shape index (κ1) is 11.1. The summed E-state index contributed by atoms with van der Waals surface area (Å²) < 4.78 is 11.0. The SMILES string of the molecule is O=C(Nc1ccsc1)c1cccc2c1OCCO2. The molecule has 1 amide bonds. The number of hydrogen-bond donors (Lipinski definition) is 1. The molecule has 92 valence electrons. The number of ether oxygens (including phenoxy) is 2. The lowest BCUT2D eigenvalue weighted by Crippen LogP contribution is -2.20. The molecule has 0 bridgehead atoms. The smallest absolute Gasteiger partial charge is 0.259 e. The normalized spacial score (nSPS) is 13.1. The molecule has 1 aliphatic rings. The first-order chi connectivity index (χ1) is 8.84. The summed E-state index contributed by atoms with van der Waals surface area (Å²) in [5.41, 5.74) is 1.29. The number of carbonyl (C=O) groups excluding carboxylic acids is 1. The number of amides is 1. The summed E-state index contributed by atoms with van der Waals surface area (Å²) >= 11 is 1.53. The zero-order chi connectivity index (χ0) is 12.4. The largest absolute Gasteiger partial charge is 0.486 e. The molecule has 5 heteroatoms. The Morgan fingerprint density at radius 3 is 2.94 bits per heavy atom. The summed E-state index contributed by atoms with van der Waals surface area (Å²) in [4.78, 5) is 12.1. The van der Waals surface area contributed by atoms with Crippen LogP contribution in [-0.4, -0.2) is 19.1 Å². The van der Waals surface area contributed by atoms with Gasteiger partial charge in [0.2, 0.25) is 0 Å². The van der Waals surface area contributed by atoms with Gasteiger partial charge in [-0.3, -0.25) is 4.79 Å². The lowest BCUT2D eigenvalue weighted by molar-refractivity contribution is 0.101. The molecule has 0 fully saturated rings. The van der Waals surface area contributed by atoms with Gasteiger partial charge in [0.15, 0.2) is 11.5 Å². The first-order valence-electron chi connectivity index (χ1n) is 5.57. The van der Waals surface area contributed by atoms with Gasteiger partial charge in [-0.05, 0) is 23.6 Å². The number of hydrogen-bond acceptors (Lipinski definition) is 4. The maximum atomic E-state index is 12.1. The van der Waals surface area contributed by atoms with Gasteiger partial charge < -0.3 is 14.8 Å². The molecule has 0 atom stereocenters. The van der Waals surface area contributed by atoms with Crippen LogP contribution < -0.4 is 14.8 Å². The van der Waals surface area contributed by atoms with E-state index in [-0.39, 0.29) is 5.91 Å². The predicted octanol–water partition coefficient (Wildman–Crippen LogP) is 2.77. The Bertz CT molecular complexity index is 566. The Hall–Kier alpha value is -2.01. The van der Waals surface area contributed by atoms with Crippen molar-refractivity contribution in [1.82, 2.24) is 0 Å². The van der Waals surface area contributed by atoms with E-state index >= 15 is 0 Å². The summed E-state index contributed by atoms with van der Waals surface area (Å²) in [6, 6.07) is 7.18. The van der Waals surface area contributed by atoms with Crippen molar-refractivity contribution in [3.05, 3.63) is 40.6 Å². The number of carbonyl (C=O) groups is 1. The molecule has 1 N–H and O–H groups in total. The van der Waals surface area contributed by atoms with E-state index < -0.39 is 0 Å². The minimum Gasteiger partial charge on any atom is -0.486 e. The van der Waals surface area contributed by atoms with Crippen LogP contribution in [0.1, 0.15) is 10.4 Å². The molecule has 3 rings (SSSR count). The lowest BCUT2D eigenvalue weighted by Gasteiger charge is -2.20. The minimum atomic E-state index is -0.184. The van der Waals surface area contributed by atoms with E-state index in [1.54, 1.807) is 18.2 Å². The van der Waals surface area contributed by atoms with Crippen molar-refractivity contribution in [2.24, 2.45) is 0 Å². The van der Waals surface area contributed by atoms with E-state index in [9.17, 15) is 4.79 Å². The Morgan fingerprint density at radius 2 is 2.11 bits per heavy atom. The van der Waals surface area contributed by atoms with Crippen LogP contribution in [0.25, 0.3) is 0 Å². The molecule has 4 nitrogen and oxygen atoms in total. The van der Waals surface area contributed by atoms with Gasteiger partial charge in [-0.1, -0.05) is 6.07 Å². The zero-order valence-electron chi connectivity index (χ0n) is 9.51. The van der Waals surface area contributed by atoms with Crippen LogP contribution in [-0.2, 0) is 0 Å². The van der Waals surface area contributed by atoms with Crippen LogP contribution in [0.15, 0.2) is 35.0 Å². The van der Waals surface area contributed by atoms with Crippen molar-refractivity contribution in [1.29, 1.82) is 0 Å². The second kappa shape index (κ2) is 4.70. The standard InChI is InChI=1S/C13H11NO3S/c15-13(14-9-4-7-18-8-9)10-2-1-3-11-12(10)17-6-5-16-11/h1-4,7-8H,5-6H2,(H,14,15). The van der Waals surface area contributed by atoms with Gasteiger partial charge in [0.05, 0.1) is 11.3 Å². The quantitative estimate of drug-likeness (QED) is 0.904. The van der Waals surface area contributed by atoms with E-state index in [4.69, 9.17) is 9.47 Å². The third kappa shape index (κ3) is 2.04. The number of nitrogens with one attached hydrogen (secondary N) is 1. The van der Waals surface area contributed by atoms with Crippen molar-refractivity contribution in [3.8, 4) is 11.5 Å². The van der Waals surface area contributed by atoms with E-state index in [0.29, 0.717) is 30.3 Å². The number of thiophene rings is 1. The average molecular weight is 261 g/mol. The van der Waals surface area contributed by atoms with E-state index in [1.807, 2.05) is 16.8 Å². The van der Waals surface area contributed by atoms with E-state index in [1.165, 1.54) is 11.3 Å². The highest BCUT2D eigenvalue weighted by molar-refractivity contribution is 7.08. The van der Waals surface area contributed by atoms with Crippen LogP contribution in [0.3, 0.4) is 0 Å². The van der Waals surface area contributed by atoms with Crippen molar-refractivity contribution in [3.63, 3.8) is 0 Å². The Balaban J connectivity index is 1.89. The number of anilines is 1. The molecule has 1 aliphatic heterocycles. The van der Waals surface area contributed by atoms with E-state index in [0.717, 1.165) is 5.69 Å². The fraction of sp³-hybridized carbons (Fsp3) is 0.154. The molecular formula is C13H11NO3S. The zero-order valence-corrected chi connectivity index (χ0v) is 10.3. The number of para-hydroxylation sites is 1. The summed E-state index contributed by atoms with van der Waals surface area (Å²) in [5, 5.41) is 6.62. The molecule has 0 saturated carbocycles. The molecule has 1 aromatic carbocycles. The molecule has 0 aliphatic carbocycles. The molecule has 2 heterocycles. The van der Waals surface area contributed by atoms with Gasteiger partial charge in [-0.15, -0.1) is 0 Å². The highest BCUT2D eigenvalue weighted by Gasteiger charge is 2.20. The number of fused-ring (bicyclic) bond motifs is 1. The molecule has 0 unspecified atom stereocenters. The van der Waals surface area contributed by atoms with Gasteiger partial charge in [-0.2, -0.15) is 11.3 Å². The highest BCUT2D eigenvalue weighted by Crippen LogP contribution is 2.34. The van der Waals surface area contributed by atoms with Gasteiger partial charge in [-0.25, -0.2) is 0 Å². The van der Waals surface area contributed by atoms with Crippen molar-refractivity contribution in [2.75, 3.05) is 18.5 Å². The van der Waals surface area contributed by atoms with Crippen molar-refractivity contribution in [2.45, 2.75) is 0 Å². The second-order valence-corrected chi connectivity index (χ2v) is 4.58. The third-order valence-corrected chi connectivity index (χ3v) is 3.27. The predicted molar refractivity (Wildman–Crippen MR) is 69.7 cm³/mol. The van der Waals surface area contributed by atoms with Crippen molar-refractivity contribution < 1.29 is 14.3 Å². The summed E-state index contributed by atoms with van der Waals surface area (Å²) in [6.07, 6.45) is 0. The van der Waals surface area contributed by atoms with Gasteiger partial charge >= 0.3 is 0 Å². The Morgan fingerprint density at radius 1 is 1.22 bits per heavy atom. The topological polar surface area (TPSA) is 47.6 Å². The summed E-state index contributed by atoms with van der Waals surface area (Å²) in [7, 11) is 0.